The van der Waals surface area contributed by atoms with Gasteiger partial charge in [0.25, 0.3) is 0 Å². The molecule has 1 aromatic rings. The average molecular weight is 191 g/mol. The first-order valence-electron chi connectivity index (χ1n) is 5.09. The van der Waals surface area contributed by atoms with E-state index >= 15 is 0 Å². The van der Waals surface area contributed by atoms with Crippen LogP contribution < -0.4 is 4.90 Å². The summed E-state index contributed by atoms with van der Waals surface area (Å²) in [4.78, 5) is 12.6. The lowest BCUT2D eigenvalue weighted by Crippen LogP contribution is -2.21. The number of rotatable bonds is 5. The molecule has 0 fully saturated rings. The molecule has 0 aliphatic heterocycles. The number of nitrogens with zero attached hydrogens (tertiary/aromatic N) is 1. The van der Waals surface area contributed by atoms with Crippen LogP contribution in [0.15, 0.2) is 24.3 Å². The Morgan fingerprint density at radius 2 is 1.71 bits per heavy atom. The summed E-state index contributed by atoms with van der Waals surface area (Å²) >= 11 is 0. The molecule has 0 radical (unpaired) electrons. The molecule has 0 heterocycles. The van der Waals surface area contributed by atoms with Crippen molar-refractivity contribution < 1.29 is 4.79 Å². The Morgan fingerprint density at radius 3 is 2.14 bits per heavy atom. The van der Waals surface area contributed by atoms with E-state index in [4.69, 9.17) is 0 Å². The van der Waals surface area contributed by atoms with Crippen LogP contribution in [0.25, 0.3) is 0 Å². The maximum absolute atomic E-state index is 10.3. The van der Waals surface area contributed by atoms with Gasteiger partial charge in [-0.15, -0.1) is 0 Å². The van der Waals surface area contributed by atoms with Crippen molar-refractivity contribution in [1.82, 2.24) is 0 Å². The van der Waals surface area contributed by atoms with Gasteiger partial charge in [0, 0.05) is 25.2 Å². The molecule has 1 aromatic carbocycles. The minimum Gasteiger partial charge on any atom is -0.372 e. The van der Waals surface area contributed by atoms with E-state index in [2.05, 4.69) is 30.9 Å². The van der Waals surface area contributed by atoms with Crippen molar-refractivity contribution >= 4 is 12.0 Å². The maximum atomic E-state index is 10.3. The second-order valence-electron chi connectivity index (χ2n) is 3.21. The highest BCUT2D eigenvalue weighted by atomic mass is 16.1. The first-order valence-corrected chi connectivity index (χ1v) is 5.09. The summed E-state index contributed by atoms with van der Waals surface area (Å²) in [6.07, 6.45) is 1.45. The van der Waals surface area contributed by atoms with Crippen molar-refractivity contribution in [3.63, 3.8) is 0 Å². The predicted octanol–water partition coefficient (Wildman–Crippen LogP) is 2.27. The fourth-order valence-electron chi connectivity index (χ4n) is 1.53. The Kier molecular flexibility index (Phi) is 4.17. The highest BCUT2D eigenvalue weighted by molar-refractivity contribution is 5.56. The van der Waals surface area contributed by atoms with Gasteiger partial charge in [-0.25, -0.2) is 0 Å². The lowest BCUT2D eigenvalue weighted by Gasteiger charge is -2.20. The van der Waals surface area contributed by atoms with Crippen LogP contribution in [-0.2, 0) is 11.2 Å². The number of anilines is 1. The van der Waals surface area contributed by atoms with Gasteiger partial charge in [0.15, 0.2) is 0 Å². The average Bonchev–Trinajstić information content (AvgIpc) is 2.23. The number of hydrogen-bond acceptors (Lipinski definition) is 2. The van der Waals surface area contributed by atoms with Gasteiger partial charge in [0.2, 0.25) is 0 Å². The molecule has 0 atom stereocenters. The van der Waals surface area contributed by atoms with Crippen molar-refractivity contribution in [2.75, 3.05) is 18.0 Å². The normalized spacial score (nSPS) is 9.86. The lowest BCUT2D eigenvalue weighted by molar-refractivity contribution is -0.107. The summed E-state index contributed by atoms with van der Waals surface area (Å²) in [7, 11) is 0. The Bertz CT molecular complexity index is 275. The molecule has 1 rings (SSSR count). The molecule has 0 saturated heterocycles. The first-order chi connectivity index (χ1) is 6.81. The van der Waals surface area contributed by atoms with Crippen LogP contribution in [0.1, 0.15) is 19.4 Å². The highest BCUT2D eigenvalue weighted by Crippen LogP contribution is 2.14. The Hall–Kier alpha value is -1.31. The van der Waals surface area contributed by atoms with Gasteiger partial charge in [-0.1, -0.05) is 12.1 Å². The molecule has 0 bridgehead atoms. The van der Waals surface area contributed by atoms with Gasteiger partial charge in [0.1, 0.15) is 6.29 Å². The molecule has 14 heavy (non-hydrogen) atoms. The summed E-state index contributed by atoms with van der Waals surface area (Å²) in [5.41, 5.74) is 2.31. The summed E-state index contributed by atoms with van der Waals surface area (Å²) in [6.45, 7) is 6.32. The van der Waals surface area contributed by atoms with E-state index in [9.17, 15) is 4.79 Å². The molecule has 0 unspecified atom stereocenters. The van der Waals surface area contributed by atoms with Crippen LogP contribution in [0.3, 0.4) is 0 Å². The molecule has 2 heteroatoms. The minimum absolute atomic E-state index is 0.512. The van der Waals surface area contributed by atoms with Crippen molar-refractivity contribution in [3.05, 3.63) is 29.8 Å². The Labute approximate surface area is 85.5 Å². The van der Waals surface area contributed by atoms with Gasteiger partial charge in [0.05, 0.1) is 0 Å². The van der Waals surface area contributed by atoms with Crippen LogP contribution >= 0.6 is 0 Å². The summed E-state index contributed by atoms with van der Waals surface area (Å²) < 4.78 is 0. The maximum Gasteiger partial charge on any atom is 0.124 e. The van der Waals surface area contributed by atoms with E-state index in [1.807, 2.05) is 12.1 Å². The second kappa shape index (κ2) is 5.43. The zero-order chi connectivity index (χ0) is 10.4. The third-order valence-electron chi connectivity index (χ3n) is 2.38. The third kappa shape index (κ3) is 2.59. The van der Waals surface area contributed by atoms with Crippen molar-refractivity contribution in [2.24, 2.45) is 0 Å². The fourth-order valence-corrected chi connectivity index (χ4v) is 1.53. The molecular formula is C12H17NO. The molecule has 0 spiro atoms. The van der Waals surface area contributed by atoms with Gasteiger partial charge in [-0.05, 0) is 31.5 Å². The Balaban J connectivity index is 2.76. The molecule has 2 nitrogen and oxygen atoms in total. The van der Waals surface area contributed by atoms with E-state index in [-0.39, 0.29) is 0 Å². The largest absolute Gasteiger partial charge is 0.372 e. The monoisotopic (exact) mass is 191 g/mol. The quantitative estimate of drug-likeness (QED) is 0.665. The number of carbonyl (C=O) groups excluding carboxylic acids is 1. The highest BCUT2D eigenvalue weighted by Gasteiger charge is 2.00. The first kappa shape index (κ1) is 10.8. The topological polar surface area (TPSA) is 20.3 Å². The molecule has 0 aromatic heterocycles. The zero-order valence-electron chi connectivity index (χ0n) is 8.86. The van der Waals surface area contributed by atoms with Crippen LogP contribution in [0.2, 0.25) is 0 Å². The summed E-state index contributed by atoms with van der Waals surface area (Å²) in [5, 5.41) is 0. The fraction of sp³-hybridized carbons (Fsp3) is 0.417. The van der Waals surface area contributed by atoms with E-state index in [1.165, 1.54) is 5.69 Å². The van der Waals surface area contributed by atoms with Crippen LogP contribution in [-0.4, -0.2) is 19.4 Å². The third-order valence-corrected chi connectivity index (χ3v) is 2.38. The lowest BCUT2D eigenvalue weighted by atomic mass is 10.1. The van der Waals surface area contributed by atoms with E-state index in [0.717, 1.165) is 24.9 Å². The van der Waals surface area contributed by atoms with Gasteiger partial charge >= 0.3 is 0 Å². The predicted molar refractivity (Wildman–Crippen MR) is 59.8 cm³/mol. The number of carbonyl (C=O) groups is 1. The van der Waals surface area contributed by atoms with Crippen molar-refractivity contribution in [3.8, 4) is 0 Å². The second-order valence-corrected chi connectivity index (χ2v) is 3.21. The van der Waals surface area contributed by atoms with Gasteiger partial charge < -0.3 is 9.69 Å². The molecule has 76 valence electrons. The molecule has 0 amide bonds. The van der Waals surface area contributed by atoms with Crippen LogP contribution in [0, 0.1) is 0 Å². The SMILES string of the molecule is CCN(CC)c1ccc(CC=O)cc1. The standard InChI is InChI=1S/C12H17NO/c1-3-13(4-2)12-7-5-11(6-8-12)9-10-14/h5-8,10H,3-4,9H2,1-2H3. The Morgan fingerprint density at radius 1 is 1.14 bits per heavy atom. The van der Waals surface area contributed by atoms with Crippen LogP contribution in [0.4, 0.5) is 5.69 Å². The molecule has 0 N–H and O–H groups in total. The van der Waals surface area contributed by atoms with E-state index in [0.29, 0.717) is 6.42 Å². The zero-order valence-corrected chi connectivity index (χ0v) is 8.86. The number of aldehydes is 1. The number of benzene rings is 1. The molecule has 0 aliphatic carbocycles. The van der Waals surface area contributed by atoms with E-state index in [1.54, 1.807) is 0 Å². The summed E-state index contributed by atoms with van der Waals surface area (Å²) in [6, 6.07) is 8.18. The van der Waals surface area contributed by atoms with Crippen LogP contribution in [0.5, 0.6) is 0 Å². The van der Waals surface area contributed by atoms with Crippen molar-refractivity contribution in [1.29, 1.82) is 0 Å². The molecule has 0 saturated carbocycles. The summed E-state index contributed by atoms with van der Waals surface area (Å²) in [5.74, 6) is 0. The van der Waals surface area contributed by atoms with Gasteiger partial charge in [-0.3, -0.25) is 0 Å². The molecular weight excluding hydrogens is 174 g/mol. The van der Waals surface area contributed by atoms with Crippen molar-refractivity contribution in [2.45, 2.75) is 20.3 Å². The number of hydrogen-bond donors (Lipinski definition) is 0. The van der Waals surface area contributed by atoms with Gasteiger partial charge in [-0.2, -0.15) is 0 Å². The minimum atomic E-state index is 0.512. The smallest absolute Gasteiger partial charge is 0.124 e. The molecule has 0 aliphatic rings. The van der Waals surface area contributed by atoms with E-state index < -0.39 is 0 Å².